The van der Waals surface area contributed by atoms with Crippen molar-refractivity contribution in [3.8, 4) is 0 Å². The molecular formula is C30H42. The summed E-state index contributed by atoms with van der Waals surface area (Å²) in [6.45, 7) is 4.43. The summed E-state index contributed by atoms with van der Waals surface area (Å²) < 4.78 is 0. The lowest BCUT2D eigenvalue weighted by Gasteiger charge is -2.42. The van der Waals surface area contributed by atoms with Gasteiger partial charge in [-0.1, -0.05) is 87.6 Å². The van der Waals surface area contributed by atoms with Crippen LogP contribution in [0.2, 0.25) is 0 Å². The first-order valence-corrected chi connectivity index (χ1v) is 12.9. The smallest absolute Gasteiger partial charge is 0.0159 e. The van der Waals surface area contributed by atoms with Crippen LogP contribution < -0.4 is 0 Å². The Morgan fingerprint density at radius 2 is 1.67 bits per heavy atom. The summed E-state index contributed by atoms with van der Waals surface area (Å²) in [5, 5.41) is 2.85. The Kier molecular flexibility index (Phi) is 7.69. The van der Waals surface area contributed by atoms with Crippen LogP contribution in [0.25, 0.3) is 10.8 Å². The highest BCUT2D eigenvalue weighted by Crippen LogP contribution is 2.48. The number of benzene rings is 2. The molecule has 0 saturated heterocycles. The van der Waals surface area contributed by atoms with Crippen molar-refractivity contribution in [2.45, 2.75) is 96.8 Å². The van der Waals surface area contributed by atoms with Gasteiger partial charge in [0.05, 0.1) is 0 Å². The molecule has 0 spiro atoms. The van der Waals surface area contributed by atoms with Crippen LogP contribution >= 0.6 is 0 Å². The predicted octanol–water partition coefficient (Wildman–Crippen LogP) is 9.23. The monoisotopic (exact) mass is 402 g/mol. The van der Waals surface area contributed by atoms with Crippen LogP contribution in [0.5, 0.6) is 0 Å². The van der Waals surface area contributed by atoms with E-state index in [4.69, 9.17) is 0 Å². The second kappa shape index (κ2) is 10.7. The van der Waals surface area contributed by atoms with E-state index in [2.05, 4.69) is 62.4 Å². The Bertz CT molecular complexity index is 829. The number of aryl methyl sites for hydroxylation is 1. The van der Waals surface area contributed by atoms with Gasteiger partial charge in [0.2, 0.25) is 0 Å². The van der Waals surface area contributed by atoms with Crippen molar-refractivity contribution >= 4 is 10.8 Å². The second-order valence-corrected chi connectivity index (χ2v) is 10.3. The van der Waals surface area contributed by atoms with E-state index in [-0.39, 0.29) is 0 Å². The summed E-state index contributed by atoms with van der Waals surface area (Å²) in [5.74, 6) is 3.86. The summed E-state index contributed by atoms with van der Waals surface area (Å²) in [5.41, 5.74) is 3.07. The lowest BCUT2D eigenvalue weighted by atomic mass is 9.63. The minimum absolute atomic E-state index is 0.793. The van der Waals surface area contributed by atoms with E-state index in [0.717, 1.165) is 36.5 Å². The summed E-state index contributed by atoms with van der Waals surface area (Å²) in [4.78, 5) is 0. The van der Waals surface area contributed by atoms with Crippen LogP contribution in [-0.4, -0.2) is 0 Å². The zero-order chi connectivity index (χ0) is 20.8. The predicted molar refractivity (Wildman–Crippen MR) is 132 cm³/mol. The van der Waals surface area contributed by atoms with Gasteiger partial charge in [-0.3, -0.25) is 0 Å². The van der Waals surface area contributed by atoms with E-state index in [1.54, 1.807) is 5.56 Å². The highest BCUT2D eigenvalue weighted by atomic mass is 14.4. The normalized spacial score (nSPS) is 26.9. The quantitative estimate of drug-likeness (QED) is 0.305. The van der Waals surface area contributed by atoms with Gasteiger partial charge in [-0.25, -0.2) is 0 Å². The zero-order valence-electron chi connectivity index (χ0n) is 19.4. The third-order valence-electron chi connectivity index (χ3n) is 8.17. The average Bonchev–Trinajstić information content (AvgIpc) is 2.78. The number of rotatable bonds is 8. The third-order valence-corrected chi connectivity index (χ3v) is 8.17. The fourth-order valence-electron chi connectivity index (χ4n) is 6.37. The molecule has 0 nitrogen and oxygen atoms in total. The van der Waals surface area contributed by atoms with Crippen LogP contribution in [0.3, 0.4) is 0 Å². The molecule has 4 rings (SSSR count). The summed E-state index contributed by atoms with van der Waals surface area (Å²) in [6.07, 6.45) is 21.4. The molecule has 0 bridgehead atoms. The van der Waals surface area contributed by atoms with E-state index in [1.165, 1.54) is 80.5 Å². The molecule has 0 amide bonds. The highest BCUT2D eigenvalue weighted by molar-refractivity contribution is 5.84. The van der Waals surface area contributed by atoms with Crippen molar-refractivity contribution in [1.82, 2.24) is 0 Å². The third kappa shape index (κ3) is 5.37. The molecule has 2 saturated carbocycles. The van der Waals surface area contributed by atoms with Crippen molar-refractivity contribution in [2.24, 2.45) is 17.8 Å². The number of hydrogen-bond acceptors (Lipinski definition) is 0. The Labute approximate surface area is 185 Å². The van der Waals surface area contributed by atoms with Crippen LogP contribution in [0.4, 0.5) is 0 Å². The van der Waals surface area contributed by atoms with E-state index in [9.17, 15) is 0 Å². The molecule has 2 aliphatic carbocycles. The highest BCUT2D eigenvalue weighted by Gasteiger charge is 2.35. The van der Waals surface area contributed by atoms with Crippen LogP contribution in [0, 0.1) is 17.8 Å². The number of allylic oxidation sites excluding steroid dienone is 2. The molecule has 2 aromatic carbocycles. The van der Waals surface area contributed by atoms with Crippen molar-refractivity contribution in [3.63, 3.8) is 0 Å². The van der Waals surface area contributed by atoms with E-state index >= 15 is 0 Å². The van der Waals surface area contributed by atoms with E-state index in [1.807, 2.05) is 0 Å². The fourth-order valence-corrected chi connectivity index (χ4v) is 6.37. The lowest BCUT2D eigenvalue weighted by Crippen LogP contribution is -2.30. The molecule has 0 heterocycles. The SMILES string of the molecule is C/C=C/CCc1ccc2cc(C3CCC4CC(CCCCC)CCC4C3)ccc2c1. The molecule has 4 unspecified atom stereocenters. The second-order valence-electron chi connectivity index (χ2n) is 10.3. The maximum Gasteiger partial charge on any atom is -0.0159 e. The standard InChI is InChI=1S/C30H42/c1-3-5-7-9-23-11-13-27-21-29(17-15-25(27)19-23)30-18-16-26-20-24(10-8-6-4-2)12-14-28(26)22-30/h3,5,11,13,15,17,19,21,24,26,28,30H,4,6-10,12,14,16,18,20,22H2,1-2H3/b5-3+. The summed E-state index contributed by atoms with van der Waals surface area (Å²) in [6, 6.07) is 14.4. The summed E-state index contributed by atoms with van der Waals surface area (Å²) >= 11 is 0. The molecule has 0 N–H and O–H groups in total. The van der Waals surface area contributed by atoms with Crippen molar-refractivity contribution in [1.29, 1.82) is 0 Å². The molecule has 4 atom stereocenters. The maximum atomic E-state index is 2.51. The molecule has 0 radical (unpaired) electrons. The minimum atomic E-state index is 0.793. The molecule has 0 aromatic heterocycles. The van der Waals surface area contributed by atoms with Crippen molar-refractivity contribution < 1.29 is 0 Å². The first kappa shape index (κ1) is 21.7. The van der Waals surface area contributed by atoms with Gasteiger partial charge in [0.25, 0.3) is 0 Å². The van der Waals surface area contributed by atoms with Gasteiger partial charge in [0, 0.05) is 0 Å². The van der Waals surface area contributed by atoms with Crippen LogP contribution in [0.15, 0.2) is 48.6 Å². The Hall–Kier alpha value is -1.56. The molecule has 30 heavy (non-hydrogen) atoms. The van der Waals surface area contributed by atoms with Crippen molar-refractivity contribution in [2.75, 3.05) is 0 Å². The Morgan fingerprint density at radius 3 is 2.53 bits per heavy atom. The average molecular weight is 403 g/mol. The number of fused-ring (bicyclic) bond motifs is 2. The molecule has 2 aliphatic rings. The minimum Gasteiger partial charge on any atom is -0.0917 e. The Morgan fingerprint density at radius 1 is 0.867 bits per heavy atom. The maximum absolute atomic E-state index is 2.51. The first-order valence-electron chi connectivity index (χ1n) is 12.9. The summed E-state index contributed by atoms with van der Waals surface area (Å²) in [7, 11) is 0. The Balaban J connectivity index is 1.36. The van der Waals surface area contributed by atoms with Gasteiger partial charge in [0.15, 0.2) is 0 Å². The van der Waals surface area contributed by atoms with E-state index < -0.39 is 0 Å². The largest absolute Gasteiger partial charge is 0.0917 e. The van der Waals surface area contributed by atoms with Crippen LogP contribution in [-0.2, 0) is 6.42 Å². The van der Waals surface area contributed by atoms with Gasteiger partial charge in [-0.15, -0.1) is 0 Å². The molecule has 162 valence electrons. The molecule has 2 aromatic rings. The molecule has 0 heteroatoms. The fraction of sp³-hybridized carbons (Fsp3) is 0.600. The number of hydrogen-bond donors (Lipinski definition) is 0. The number of unbranched alkanes of at least 4 members (excludes halogenated alkanes) is 2. The molecule has 0 aliphatic heterocycles. The molecule has 2 fully saturated rings. The zero-order valence-corrected chi connectivity index (χ0v) is 19.4. The lowest BCUT2D eigenvalue weighted by molar-refractivity contribution is 0.113. The first-order chi connectivity index (χ1) is 14.8. The van der Waals surface area contributed by atoms with E-state index in [0.29, 0.717) is 0 Å². The topological polar surface area (TPSA) is 0 Å². The van der Waals surface area contributed by atoms with Crippen LogP contribution in [0.1, 0.15) is 102 Å². The van der Waals surface area contributed by atoms with Gasteiger partial charge in [0.1, 0.15) is 0 Å². The van der Waals surface area contributed by atoms with Crippen molar-refractivity contribution in [3.05, 3.63) is 59.7 Å². The van der Waals surface area contributed by atoms with Gasteiger partial charge in [-0.2, -0.15) is 0 Å². The molecular weight excluding hydrogens is 360 g/mol. The van der Waals surface area contributed by atoms with Gasteiger partial charge in [-0.05, 0) is 97.4 Å². The van der Waals surface area contributed by atoms with Gasteiger partial charge >= 0.3 is 0 Å². The van der Waals surface area contributed by atoms with Gasteiger partial charge < -0.3 is 0 Å².